The van der Waals surface area contributed by atoms with Crippen molar-refractivity contribution in [3.63, 3.8) is 0 Å². The third-order valence-electron chi connectivity index (χ3n) is 2.94. The summed E-state index contributed by atoms with van der Waals surface area (Å²) in [6.45, 7) is 0.802. The zero-order valence-corrected chi connectivity index (χ0v) is 11.2. The molecule has 1 aromatic carbocycles. The molecule has 1 fully saturated rings. The van der Waals surface area contributed by atoms with Crippen LogP contribution in [0.3, 0.4) is 0 Å². The van der Waals surface area contributed by atoms with Crippen LogP contribution >= 0.6 is 11.6 Å². The van der Waals surface area contributed by atoms with E-state index in [0.717, 1.165) is 6.42 Å². The topological polar surface area (TPSA) is 70.2 Å². The van der Waals surface area contributed by atoms with Gasteiger partial charge in [0, 0.05) is 29.7 Å². The van der Waals surface area contributed by atoms with Gasteiger partial charge in [-0.05, 0) is 30.7 Å². The molecule has 1 aliphatic rings. The fourth-order valence-corrected chi connectivity index (χ4v) is 2.01. The second-order valence-electron chi connectivity index (χ2n) is 4.48. The van der Waals surface area contributed by atoms with Gasteiger partial charge in [-0.2, -0.15) is 0 Å². The first kappa shape index (κ1) is 13.8. The average Bonchev–Trinajstić information content (AvgIpc) is 2.41. The van der Waals surface area contributed by atoms with Crippen molar-refractivity contribution in [2.45, 2.75) is 18.9 Å². The summed E-state index contributed by atoms with van der Waals surface area (Å²) in [6.07, 6.45) is 1.27. The lowest BCUT2D eigenvalue weighted by Gasteiger charge is -2.23. The monoisotopic (exact) mass is 281 g/mol. The molecule has 1 unspecified atom stereocenters. The number of hydrogen-bond donors (Lipinski definition) is 3. The van der Waals surface area contributed by atoms with Gasteiger partial charge in [0.2, 0.25) is 11.8 Å². The maximum absolute atomic E-state index is 11.7. The van der Waals surface area contributed by atoms with Crippen molar-refractivity contribution in [3.8, 4) is 0 Å². The van der Waals surface area contributed by atoms with E-state index in [1.54, 1.807) is 24.3 Å². The van der Waals surface area contributed by atoms with E-state index in [1.807, 2.05) is 0 Å². The molecule has 102 valence electrons. The minimum atomic E-state index is -0.112. The minimum Gasteiger partial charge on any atom is -0.355 e. The van der Waals surface area contributed by atoms with E-state index in [1.165, 1.54) is 0 Å². The Hall–Kier alpha value is -1.59. The first-order chi connectivity index (χ1) is 9.13. The van der Waals surface area contributed by atoms with Crippen molar-refractivity contribution in [2.75, 3.05) is 18.4 Å². The van der Waals surface area contributed by atoms with Crippen molar-refractivity contribution in [3.05, 3.63) is 29.3 Å². The maximum atomic E-state index is 11.7. The van der Waals surface area contributed by atoms with Gasteiger partial charge in [0.25, 0.3) is 0 Å². The Morgan fingerprint density at radius 1 is 1.37 bits per heavy atom. The van der Waals surface area contributed by atoms with Crippen molar-refractivity contribution < 1.29 is 9.59 Å². The van der Waals surface area contributed by atoms with Crippen molar-refractivity contribution in [1.82, 2.24) is 10.6 Å². The Morgan fingerprint density at radius 2 is 2.11 bits per heavy atom. The molecule has 2 rings (SSSR count). The lowest BCUT2D eigenvalue weighted by molar-refractivity contribution is -0.122. The highest BCUT2D eigenvalue weighted by atomic mass is 35.5. The van der Waals surface area contributed by atoms with E-state index in [-0.39, 0.29) is 24.4 Å². The number of benzene rings is 1. The number of anilines is 1. The zero-order valence-electron chi connectivity index (χ0n) is 10.4. The predicted molar refractivity (Wildman–Crippen MR) is 74.1 cm³/mol. The lowest BCUT2D eigenvalue weighted by atomic mass is 10.1. The molecule has 0 saturated carbocycles. The Kier molecular flexibility index (Phi) is 4.76. The van der Waals surface area contributed by atoms with E-state index in [9.17, 15) is 9.59 Å². The van der Waals surface area contributed by atoms with E-state index < -0.39 is 0 Å². The number of carbonyl (C=O) groups excluding carboxylic acids is 2. The lowest BCUT2D eigenvalue weighted by Crippen LogP contribution is -2.47. The standard InChI is InChI=1S/C13H16ClN3O2/c14-9-1-3-10(4-2-9)17-13(19)8-15-11-5-6-12(18)16-7-11/h1-4,11,15H,5-8H2,(H,16,18)(H,17,19). The summed E-state index contributed by atoms with van der Waals surface area (Å²) in [5.74, 6) is -0.0390. The van der Waals surface area contributed by atoms with Gasteiger partial charge in [0.15, 0.2) is 0 Å². The highest BCUT2D eigenvalue weighted by Gasteiger charge is 2.17. The number of nitrogens with one attached hydrogen (secondary N) is 3. The predicted octanol–water partition coefficient (Wildman–Crippen LogP) is 1.15. The van der Waals surface area contributed by atoms with Gasteiger partial charge in [0.1, 0.15) is 0 Å². The molecular formula is C13H16ClN3O2. The second kappa shape index (κ2) is 6.54. The SMILES string of the molecule is O=C1CCC(NCC(=O)Nc2ccc(Cl)cc2)CN1. The number of hydrogen-bond acceptors (Lipinski definition) is 3. The van der Waals surface area contributed by atoms with Crippen molar-refractivity contribution >= 4 is 29.1 Å². The molecule has 1 aliphatic heterocycles. The van der Waals surface area contributed by atoms with Gasteiger partial charge in [-0.25, -0.2) is 0 Å². The molecule has 3 N–H and O–H groups in total. The molecule has 19 heavy (non-hydrogen) atoms. The summed E-state index contributed by atoms with van der Waals surface area (Å²) in [4.78, 5) is 22.7. The molecule has 5 nitrogen and oxygen atoms in total. The van der Waals surface area contributed by atoms with Gasteiger partial charge in [-0.15, -0.1) is 0 Å². The van der Waals surface area contributed by atoms with Gasteiger partial charge in [0.05, 0.1) is 6.54 Å². The molecule has 1 heterocycles. The number of carbonyl (C=O) groups is 2. The number of piperidine rings is 1. The number of halogens is 1. The van der Waals surface area contributed by atoms with Crippen LogP contribution in [0.15, 0.2) is 24.3 Å². The molecular weight excluding hydrogens is 266 g/mol. The van der Waals surface area contributed by atoms with Gasteiger partial charge < -0.3 is 16.0 Å². The molecule has 6 heteroatoms. The minimum absolute atomic E-state index is 0.0728. The highest BCUT2D eigenvalue weighted by molar-refractivity contribution is 6.30. The van der Waals surface area contributed by atoms with Crippen LogP contribution in [0.25, 0.3) is 0 Å². The van der Waals surface area contributed by atoms with Gasteiger partial charge >= 0.3 is 0 Å². The average molecular weight is 282 g/mol. The summed E-state index contributed by atoms with van der Waals surface area (Å²) >= 11 is 5.76. The van der Waals surface area contributed by atoms with E-state index in [0.29, 0.717) is 23.7 Å². The summed E-state index contributed by atoms with van der Waals surface area (Å²) in [5.41, 5.74) is 0.716. The number of amides is 2. The van der Waals surface area contributed by atoms with Crippen molar-refractivity contribution in [2.24, 2.45) is 0 Å². The molecule has 0 radical (unpaired) electrons. The highest BCUT2D eigenvalue weighted by Crippen LogP contribution is 2.13. The molecule has 0 bridgehead atoms. The second-order valence-corrected chi connectivity index (χ2v) is 4.91. The normalized spacial score (nSPS) is 18.8. The van der Waals surface area contributed by atoms with E-state index in [2.05, 4.69) is 16.0 Å². The summed E-state index contributed by atoms with van der Waals surface area (Å²) in [7, 11) is 0. The Balaban J connectivity index is 1.72. The first-order valence-electron chi connectivity index (χ1n) is 6.19. The Bertz CT molecular complexity index is 451. The van der Waals surface area contributed by atoms with Crippen LogP contribution in [0.1, 0.15) is 12.8 Å². The largest absolute Gasteiger partial charge is 0.355 e. The van der Waals surface area contributed by atoms with Crippen LogP contribution in [0.5, 0.6) is 0 Å². The molecule has 1 atom stereocenters. The fourth-order valence-electron chi connectivity index (χ4n) is 1.88. The third-order valence-corrected chi connectivity index (χ3v) is 3.20. The number of rotatable bonds is 4. The van der Waals surface area contributed by atoms with Crippen LogP contribution in [0.4, 0.5) is 5.69 Å². The maximum Gasteiger partial charge on any atom is 0.238 e. The molecule has 0 spiro atoms. The van der Waals surface area contributed by atoms with Crippen molar-refractivity contribution in [1.29, 1.82) is 0 Å². The molecule has 0 aromatic heterocycles. The van der Waals surface area contributed by atoms with Crippen LogP contribution in [0, 0.1) is 0 Å². The summed E-state index contributed by atoms with van der Waals surface area (Å²) in [5, 5.41) is 9.29. The third kappa shape index (κ3) is 4.54. The zero-order chi connectivity index (χ0) is 13.7. The van der Waals surface area contributed by atoms with Crippen LogP contribution in [0.2, 0.25) is 5.02 Å². The molecule has 2 amide bonds. The Labute approximate surface area is 116 Å². The quantitative estimate of drug-likeness (QED) is 0.775. The van der Waals surface area contributed by atoms with Crippen LogP contribution < -0.4 is 16.0 Å². The fraction of sp³-hybridized carbons (Fsp3) is 0.385. The molecule has 1 saturated heterocycles. The van der Waals surface area contributed by atoms with E-state index >= 15 is 0 Å². The molecule has 1 aromatic rings. The summed E-state index contributed by atoms with van der Waals surface area (Å²) in [6, 6.07) is 7.11. The first-order valence-corrected chi connectivity index (χ1v) is 6.57. The smallest absolute Gasteiger partial charge is 0.238 e. The molecule has 0 aliphatic carbocycles. The van der Waals surface area contributed by atoms with Gasteiger partial charge in [-0.1, -0.05) is 11.6 Å². The van der Waals surface area contributed by atoms with Gasteiger partial charge in [-0.3, -0.25) is 9.59 Å². The van der Waals surface area contributed by atoms with E-state index in [4.69, 9.17) is 11.6 Å². The van der Waals surface area contributed by atoms with Crippen LogP contribution in [-0.2, 0) is 9.59 Å². The van der Waals surface area contributed by atoms with Crippen LogP contribution in [-0.4, -0.2) is 30.9 Å². The summed E-state index contributed by atoms with van der Waals surface area (Å²) < 4.78 is 0. The Morgan fingerprint density at radius 3 is 2.74 bits per heavy atom.